The Kier molecular flexibility index (Phi) is 2.59. The van der Waals surface area contributed by atoms with Crippen molar-refractivity contribution in [1.82, 2.24) is 9.97 Å². The van der Waals surface area contributed by atoms with Crippen LogP contribution in [0.15, 0.2) is 23.8 Å². The molecule has 2 aromatic heterocycles. The maximum absolute atomic E-state index is 10.6. The van der Waals surface area contributed by atoms with Crippen molar-refractivity contribution in [2.75, 3.05) is 11.1 Å². The number of hydrogen-bond acceptors (Lipinski definition) is 6. The molecular weight excluding hydrogens is 212 g/mol. The molecule has 2 heterocycles. The lowest BCUT2D eigenvalue weighted by Crippen LogP contribution is -1.98. The van der Waals surface area contributed by atoms with Crippen molar-refractivity contribution in [3.8, 4) is 0 Å². The highest BCUT2D eigenvalue weighted by molar-refractivity contribution is 7.12. The van der Waals surface area contributed by atoms with E-state index in [2.05, 4.69) is 15.3 Å². The van der Waals surface area contributed by atoms with Gasteiger partial charge in [-0.2, -0.15) is 0 Å². The van der Waals surface area contributed by atoms with Crippen LogP contribution < -0.4 is 11.1 Å². The van der Waals surface area contributed by atoms with Gasteiger partial charge in [-0.1, -0.05) is 0 Å². The van der Waals surface area contributed by atoms with Crippen LogP contribution in [0.25, 0.3) is 0 Å². The third kappa shape index (κ3) is 2.10. The smallest absolute Gasteiger partial charge is 0.227 e. The van der Waals surface area contributed by atoms with Crippen molar-refractivity contribution >= 4 is 34.9 Å². The van der Waals surface area contributed by atoms with E-state index < -0.39 is 0 Å². The average Bonchev–Trinajstić information content (AvgIpc) is 2.69. The summed E-state index contributed by atoms with van der Waals surface area (Å²) in [6, 6.07) is 1.80. The van der Waals surface area contributed by atoms with E-state index >= 15 is 0 Å². The minimum Gasteiger partial charge on any atom is -0.396 e. The van der Waals surface area contributed by atoms with Gasteiger partial charge in [-0.3, -0.25) is 4.79 Å². The molecule has 2 aromatic rings. The van der Waals surface area contributed by atoms with Crippen molar-refractivity contribution in [1.29, 1.82) is 0 Å². The molecule has 0 spiro atoms. The van der Waals surface area contributed by atoms with Gasteiger partial charge >= 0.3 is 0 Å². The Morgan fingerprint density at radius 3 is 2.80 bits per heavy atom. The normalized spacial score (nSPS) is 9.87. The number of nitrogens with two attached hydrogens (primary N) is 1. The molecule has 0 saturated carbocycles. The summed E-state index contributed by atoms with van der Waals surface area (Å²) in [4.78, 5) is 19.2. The Labute approximate surface area is 90.0 Å². The number of nitrogens with zero attached hydrogens (tertiary/aromatic N) is 2. The van der Waals surface area contributed by atoms with Crippen LogP contribution in [-0.4, -0.2) is 16.3 Å². The van der Waals surface area contributed by atoms with E-state index in [4.69, 9.17) is 5.73 Å². The maximum Gasteiger partial charge on any atom is 0.227 e. The molecule has 0 unspecified atom stereocenters. The van der Waals surface area contributed by atoms with Gasteiger partial charge in [-0.15, -0.1) is 11.3 Å². The van der Waals surface area contributed by atoms with E-state index in [0.717, 1.165) is 6.29 Å². The van der Waals surface area contributed by atoms with E-state index in [1.165, 1.54) is 23.7 Å². The summed E-state index contributed by atoms with van der Waals surface area (Å²) in [6.45, 7) is 0. The van der Waals surface area contributed by atoms with Crippen LogP contribution in [0.5, 0.6) is 0 Å². The first-order chi connectivity index (χ1) is 7.29. The Bertz CT molecular complexity index is 465. The van der Waals surface area contributed by atoms with Crippen molar-refractivity contribution in [2.45, 2.75) is 0 Å². The number of hydrogen-bond donors (Lipinski definition) is 2. The number of rotatable bonds is 3. The fourth-order valence-electron chi connectivity index (χ4n) is 1.04. The average molecular weight is 220 g/mol. The highest BCUT2D eigenvalue weighted by Gasteiger charge is 2.04. The monoisotopic (exact) mass is 220 g/mol. The van der Waals surface area contributed by atoms with Crippen LogP contribution in [0, 0.1) is 0 Å². The zero-order valence-electron chi connectivity index (χ0n) is 7.68. The second-order valence-corrected chi connectivity index (χ2v) is 3.73. The maximum atomic E-state index is 10.6. The van der Waals surface area contributed by atoms with Gasteiger partial charge in [0.25, 0.3) is 0 Å². The molecule has 0 aromatic carbocycles. The first kappa shape index (κ1) is 9.60. The van der Waals surface area contributed by atoms with Gasteiger partial charge in [-0.25, -0.2) is 9.97 Å². The minimum absolute atomic E-state index is 0.422. The Morgan fingerprint density at radius 2 is 2.13 bits per heavy atom. The molecular formula is C9H8N4OS. The van der Waals surface area contributed by atoms with Crippen molar-refractivity contribution < 1.29 is 4.79 Å². The fourth-order valence-corrected chi connectivity index (χ4v) is 1.69. The minimum atomic E-state index is 0.422. The molecule has 15 heavy (non-hydrogen) atoms. The molecule has 0 fully saturated rings. The lowest BCUT2D eigenvalue weighted by atomic mass is 10.4. The zero-order chi connectivity index (χ0) is 10.7. The largest absolute Gasteiger partial charge is 0.396 e. The molecule has 2 rings (SSSR count). The standard InChI is InChI=1S/C9H8N4OS/c10-6-3-11-9(12-4-6)13-7-1-2-15-8(7)5-14/h1-5H,10H2,(H,11,12,13). The number of carbonyl (C=O) groups is 1. The number of thiophene rings is 1. The first-order valence-electron chi connectivity index (χ1n) is 4.17. The number of aldehydes is 1. The van der Waals surface area contributed by atoms with Gasteiger partial charge in [0.2, 0.25) is 5.95 Å². The van der Waals surface area contributed by atoms with Gasteiger partial charge in [0.1, 0.15) is 0 Å². The van der Waals surface area contributed by atoms with Gasteiger partial charge in [-0.05, 0) is 11.4 Å². The lowest BCUT2D eigenvalue weighted by Gasteiger charge is -2.02. The van der Waals surface area contributed by atoms with E-state index in [-0.39, 0.29) is 0 Å². The molecule has 0 atom stereocenters. The topological polar surface area (TPSA) is 80.9 Å². The Balaban J connectivity index is 2.21. The van der Waals surface area contributed by atoms with Crippen LogP contribution in [0.1, 0.15) is 9.67 Å². The van der Waals surface area contributed by atoms with Gasteiger partial charge < -0.3 is 11.1 Å². The van der Waals surface area contributed by atoms with Crippen LogP contribution in [-0.2, 0) is 0 Å². The molecule has 0 saturated heterocycles. The van der Waals surface area contributed by atoms with Gasteiger partial charge in [0.05, 0.1) is 28.6 Å². The predicted molar refractivity (Wildman–Crippen MR) is 59.4 cm³/mol. The number of nitrogens with one attached hydrogen (secondary N) is 1. The summed E-state index contributed by atoms with van der Waals surface area (Å²) in [7, 11) is 0. The van der Waals surface area contributed by atoms with Crippen LogP contribution in [0.3, 0.4) is 0 Å². The number of anilines is 3. The Hall–Kier alpha value is -1.95. The van der Waals surface area contributed by atoms with Crippen LogP contribution in [0.4, 0.5) is 17.3 Å². The van der Waals surface area contributed by atoms with E-state index in [9.17, 15) is 4.79 Å². The molecule has 0 aliphatic carbocycles. The van der Waals surface area contributed by atoms with E-state index in [1.54, 1.807) is 6.07 Å². The molecule has 0 aliphatic heterocycles. The van der Waals surface area contributed by atoms with Crippen molar-refractivity contribution in [2.24, 2.45) is 0 Å². The molecule has 3 N–H and O–H groups in total. The summed E-state index contributed by atoms with van der Waals surface area (Å²) in [5, 5.41) is 4.75. The van der Waals surface area contributed by atoms with Crippen molar-refractivity contribution in [3.05, 3.63) is 28.7 Å². The summed E-state index contributed by atoms with van der Waals surface area (Å²) in [5.74, 6) is 0.422. The highest BCUT2D eigenvalue weighted by Crippen LogP contribution is 2.22. The van der Waals surface area contributed by atoms with Crippen LogP contribution in [0.2, 0.25) is 0 Å². The predicted octanol–water partition coefficient (Wildman–Crippen LogP) is 1.68. The summed E-state index contributed by atoms with van der Waals surface area (Å²) in [5.41, 5.74) is 6.66. The van der Waals surface area contributed by atoms with Gasteiger partial charge in [0.15, 0.2) is 6.29 Å². The van der Waals surface area contributed by atoms with E-state index in [0.29, 0.717) is 22.2 Å². The van der Waals surface area contributed by atoms with Crippen molar-refractivity contribution in [3.63, 3.8) is 0 Å². The lowest BCUT2D eigenvalue weighted by molar-refractivity contribution is 0.112. The molecule has 5 nitrogen and oxygen atoms in total. The third-order valence-electron chi connectivity index (χ3n) is 1.72. The first-order valence-corrected chi connectivity index (χ1v) is 5.05. The summed E-state index contributed by atoms with van der Waals surface area (Å²) >= 11 is 1.36. The number of carbonyl (C=O) groups excluding carboxylic acids is 1. The number of aromatic nitrogens is 2. The molecule has 76 valence electrons. The molecule has 6 heteroatoms. The summed E-state index contributed by atoms with van der Waals surface area (Å²) < 4.78 is 0. The Morgan fingerprint density at radius 1 is 1.40 bits per heavy atom. The highest BCUT2D eigenvalue weighted by atomic mass is 32.1. The fraction of sp³-hybridized carbons (Fsp3) is 0. The zero-order valence-corrected chi connectivity index (χ0v) is 8.49. The molecule has 0 radical (unpaired) electrons. The second kappa shape index (κ2) is 4.05. The third-order valence-corrected chi connectivity index (χ3v) is 2.56. The SMILES string of the molecule is Nc1cnc(Nc2ccsc2C=O)nc1. The van der Waals surface area contributed by atoms with Crippen LogP contribution >= 0.6 is 11.3 Å². The summed E-state index contributed by atoms with van der Waals surface area (Å²) in [6.07, 6.45) is 3.80. The molecule has 0 aliphatic rings. The molecule has 0 amide bonds. The van der Waals surface area contributed by atoms with Gasteiger partial charge in [0, 0.05) is 0 Å². The molecule has 0 bridgehead atoms. The van der Waals surface area contributed by atoms with E-state index in [1.807, 2.05) is 5.38 Å². The number of nitrogen functional groups attached to an aromatic ring is 1. The quantitative estimate of drug-likeness (QED) is 0.769. The second-order valence-electron chi connectivity index (χ2n) is 2.78.